The fourth-order valence-electron chi connectivity index (χ4n) is 3.71. The van der Waals surface area contributed by atoms with Crippen molar-refractivity contribution >= 4 is 0 Å². The molecule has 0 aliphatic heterocycles. The van der Waals surface area contributed by atoms with Gasteiger partial charge in [-0.15, -0.1) is 6.58 Å². The van der Waals surface area contributed by atoms with Crippen molar-refractivity contribution in [1.82, 2.24) is 0 Å². The molecule has 15 heavy (non-hydrogen) atoms. The monoisotopic (exact) mass is 204 g/mol. The summed E-state index contributed by atoms with van der Waals surface area (Å²) in [6.07, 6.45) is 7.45. The minimum absolute atomic E-state index is 0.316. The molecule has 0 N–H and O–H groups in total. The van der Waals surface area contributed by atoms with Crippen LogP contribution in [-0.2, 0) is 0 Å². The minimum Gasteiger partial charge on any atom is -0.103 e. The number of hydrogen-bond donors (Lipinski definition) is 0. The van der Waals surface area contributed by atoms with E-state index < -0.39 is 0 Å². The van der Waals surface area contributed by atoms with Crippen LogP contribution in [0, 0.1) is 22.7 Å². The molecule has 0 aromatic rings. The summed E-state index contributed by atoms with van der Waals surface area (Å²) in [5.41, 5.74) is 2.23. The fourth-order valence-corrected chi connectivity index (χ4v) is 3.71. The maximum atomic E-state index is 4.42. The lowest BCUT2D eigenvalue weighted by Crippen LogP contribution is -2.46. The predicted molar refractivity (Wildman–Crippen MR) is 66.7 cm³/mol. The lowest BCUT2D eigenvalue weighted by atomic mass is 9.49. The van der Waals surface area contributed by atoms with Crippen LogP contribution in [0.25, 0.3) is 0 Å². The van der Waals surface area contributed by atoms with Gasteiger partial charge < -0.3 is 0 Å². The van der Waals surface area contributed by atoms with Gasteiger partial charge in [-0.25, -0.2) is 0 Å². The molecule has 0 heteroatoms. The molecule has 84 valence electrons. The second-order valence-electron chi connectivity index (χ2n) is 6.18. The second-order valence-corrected chi connectivity index (χ2v) is 6.18. The smallest absolute Gasteiger partial charge is 0.00834 e. The molecule has 0 amide bonds. The van der Waals surface area contributed by atoms with Gasteiger partial charge in [0.25, 0.3) is 0 Å². The Labute approximate surface area is 94.5 Å². The normalized spacial score (nSPS) is 50.2. The molecule has 0 aromatic carbocycles. The van der Waals surface area contributed by atoms with E-state index in [1.807, 2.05) is 0 Å². The summed E-state index contributed by atoms with van der Waals surface area (Å²) in [6, 6.07) is 0. The Morgan fingerprint density at radius 3 is 2.53 bits per heavy atom. The van der Waals surface area contributed by atoms with E-state index in [2.05, 4.69) is 40.0 Å². The predicted octanol–water partition coefficient (Wildman–Crippen LogP) is 4.58. The first-order valence-corrected chi connectivity index (χ1v) is 6.27. The van der Waals surface area contributed by atoms with Gasteiger partial charge in [0.2, 0.25) is 0 Å². The summed E-state index contributed by atoms with van der Waals surface area (Å²) in [6.45, 7) is 15.6. The van der Waals surface area contributed by atoms with Crippen molar-refractivity contribution in [3.8, 4) is 0 Å². The molecule has 2 aliphatic carbocycles. The summed E-state index contributed by atoms with van der Waals surface area (Å²) >= 11 is 0. The highest BCUT2D eigenvalue weighted by molar-refractivity contribution is 5.25. The molecular weight excluding hydrogens is 180 g/mol. The lowest BCUT2D eigenvalue weighted by Gasteiger charge is -2.56. The zero-order valence-electron chi connectivity index (χ0n) is 10.5. The van der Waals surface area contributed by atoms with Gasteiger partial charge in [-0.2, -0.15) is 0 Å². The minimum atomic E-state index is 0.316. The van der Waals surface area contributed by atoms with Crippen LogP contribution in [0.15, 0.2) is 24.8 Å². The Kier molecular flexibility index (Phi) is 2.37. The molecule has 0 aromatic heterocycles. The molecule has 0 saturated heterocycles. The van der Waals surface area contributed by atoms with Crippen molar-refractivity contribution in [2.24, 2.45) is 22.7 Å². The van der Waals surface area contributed by atoms with E-state index in [0.717, 1.165) is 5.92 Å². The Morgan fingerprint density at radius 2 is 1.93 bits per heavy atom. The molecule has 2 fully saturated rings. The van der Waals surface area contributed by atoms with Gasteiger partial charge in [0, 0.05) is 0 Å². The fraction of sp³-hybridized carbons (Fsp3) is 0.733. The number of fused-ring (bicyclic) bond motifs is 2. The number of rotatable bonds is 1. The van der Waals surface area contributed by atoms with Crippen LogP contribution < -0.4 is 0 Å². The maximum absolute atomic E-state index is 4.42. The van der Waals surface area contributed by atoms with E-state index in [1.165, 1.54) is 31.3 Å². The van der Waals surface area contributed by atoms with Crippen LogP contribution in [0.2, 0.25) is 0 Å². The average molecular weight is 204 g/mol. The van der Waals surface area contributed by atoms with Gasteiger partial charge in [-0.1, -0.05) is 39.0 Å². The van der Waals surface area contributed by atoms with Crippen molar-refractivity contribution in [3.05, 3.63) is 24.8 Å². The third-order valence-electron chi connectivity index (χ3n) is 5.58. The van der Waals surface area contributed by atoms with Gasteiger partial charge in [0.05, 0.1) is 0 Å². The first kappa shape index (κ1) is 11.0. The number of hydrogen-bond acceptors (Lipinski definition) is 0. The van der Waals surface area contributed by atoms with Crippen molar-refractivity contribution in [2.45, 2.75) is 46.5 Å². The molecule has 0 nitrogen and oxygen atoms in total. The van der Waals surface area contributed by atoms with Crippen molar-refractivity contribution in [1.29, 1.82) is 0 Å². The SMILES string of the molecule is C=C[C@]1(C)CC[C@]2(C)C(=C)[C@H]1CC[C@@H]2C. The Hall–Kier alpha value is -0.520. The van der Waals surface area contributed by atoms with Crippen molar-refractivity contribution in [3.63, 3.8) is 0 Å². The number of allylic oxidation sites excluding steroid dienone is 2. The standard InChI is InChI=1S/C15H24/c1-6-14(4)9-10-15(5)11(2)7-8-13(14)12(15)3/h6,11,13H,1,3,7-10H2,2,4-5H3/t11-,13+,14+,15-/m0/s1. The molecular formula is C15H24. The third-order valence-corrected chi connectivity index (χ3v) is 5.58. The third kappa shape index (κ3) is 1.33. The molecule has 2 rings (SSSR count). The molecule has 0 heterocycles. The summed E-state index contributed by atoms with van der Waals surface area (Å²) < 4.78 is 0. The van der Waals surface area contributed by atoms with E-state index in [4.69, 9.17) is 0 Å². The van der Waals surface area contributed by atoms with E-state index in [9.17, 15) is 0 Å². The van der Waals surface area contributed by atoms with Crippen LogP contribution in [0.1, 0.15) is 46.5 Å². The summed E-state index contributed by atoms with van der Waals surface area (Å²) in [7, 11) is 0. The van der Waals surface area contributed by atoms with Gasteiger partial charge in [-0.3, -0.25) is 0 Å². The first-order chi connectivity index (χ1) is 6.94. The molecule has 2 saturated carbocycles. The molecule has 4 atom stereocenters. The topological polar surface area (TPSA) is 0 Å². The quantitative estimate of drug-likeness (QED) is 0.548. The van der Waals surface area contributed by atoms with Crippen molar-refractivity contribution in [2.75, 3.05) is 0 Å². The van der Waals surface area contributed by atoms with Crippen LogP contribution in [-0.4, -0.2) is 0 Å². The zero-order valence-corrected chi connectivity index (χ0v) is 10.5. The van der Waals surface area contributed by atoms with Crippen molar-refractivity contribution < 1.29 is 0 Å². The highest BCUT2D eigenvalue weighted by Crippen LogP contribution is 2.60. The maximum Gasteiger partial charge on any atom is -0.00834 e. The van der Waals surface area contributed by atoms with Crippen LogP contribution in [0.3, 0.4) is 0 Å². The Balaban J connectivity index is 2.37. The second kappa shape index (κ2) is 3.23. The van der Waals surface area contributed by atoms with Gasteiger partial charge in [-0.05, 0) is 48.3 Å². The summed E-state index contributed by atoms with van der Waals surface area (Å²) in [4.78, 5) is 0. The van der Waals surface area contributed by atoms with Crippen LogP contribution in [0.4, 0.5) is 0 Å². The van der Waals surface area contributed by atoms with Gasteiger partial charge in [0.15, 0.2) is 0 Å². The van der Waals surface area contributed by atoms with Gasteiger partial charge >= 0.3 is 0 Å². The largest absolute Gasteiger partial charge is 0.103 e. The van der Waals surface area contributed by atoms with E-state index >= 15 is 0 Å². The van der Waals surface area contributed by atoms with E-state index in [0.29, 0.717) is 16.7 Å². The Bertz CT molecular complexity index is 301. The molecule has 0 spiro atoms. The highest BCUT2D eigenvalue weighted by Gasteiger charge is 2.50. The Morgan fingerprint density at radius 1 is 1.27 bits per heavy atom. The molecule has 0 unspecified atom stereocenters. The zero-order chi connectivity index (χ0) is 11.3. The first-order valence-electron chi connectivity index (χ1n) is 6.27. The average Bonchev–Trinajstić information content (AvgIpc) is 2.22. The van der Waals surface area contributed by atoms with E-state index in [1.54, 1.807) is 0 Å². The van der Waals surface area contributed by atoms with Crippen LogP contribution >= 0.6 is 0 Å². The van der Waals surface area contributed by atoms with Crippen LogP contribution in [0.5, 0.6) is 0 Å². The summed E-state index contributed by atoms with van der Waals surface area (Å²) in [5, 5.41) is 0. The lowest BCUT2D eigenvalue weighted by molar-refractivity contribution is 0.0466. The molecule has 0 radical (unpaired) electrons. The molecule has 2 bridgehead atoms. The van der Waals surface area contributed by atoms with Gasteiger partial charge in [0.1, 0.15) is 0 Å². The highest BCUT2D eigenvalue weighted by atomic mass is 14.5. The summed E-state index contributed by atoms with van der Waals surface area (Å²) in [5.74, 6) is 1.50. The van der Waals surface area contributed by atoms with E-state index in [-0.39, 0.29) is 0 Å². The molecule has 2 aliphatic rings.